The number of rotatable bonds is 2. The van der Waals surface area contributed by atoms with Crippen LogP contribution in [-0.2, 0) is 11.2 Å². The number of nitrogens with one attached hydrogen (secondary N) is 1. The van der Waals surface area contributed by atoms with Crippen LogP contribution < -0.4 is 5.32 Å². The lowest BCUT2D eigenvalue weighted by molar-refractivity contribution is -0.116. The summed E-state index contributed by atoms with van der Waals surface area (Å²) in [4.78, 5) is 13.6. The number of carbonyl (C=O) groups is 1. The van der Waals surface area contributed by atoms with Crippen molar-refractivity contribution >= 4 is 28.9 Å². The minimum atomic E-state index is 0.193. The lowest BCUT2D eigenvalue weighted by Crippen LogP contribution is -2.02. The standard InChI is InChI=1S/C15H13NOS/c1-10(17)8-11-6-7-15-13(9-11)16-12-4-2-3-5-14(12)18-15/h2-7,9,16H,8H2,1H3. The summed E-state index contributed by atoms with van der Waals surface area (Å²) in [6, 6.07) is 14.4. The minimum absolute atomic E-state index is 0.193. The van der Waals surface area contributed by atoms with E-state index >= 15 is 0 Å². The molecule has 90 valence electrons. The Kier molecular flexibility index (Phi) is 2.84. The van der Waals surface area contributed by atoms with Gasteiger partial charge in [-0.2, -0.15) is 0 Å². The first-order valence-electron chi connectivity index (χ1n) is 5.88. The summed E-state index contributed by atoms with van der Waals surface area (Å²) in [7, 11) is 0. The molecule has 0 radical (unpaired) electrons. The molecular formula is C15H13NOS. The fourth-order valence-corrected chi connectivity index (χ4v) is 3.05. The summed E-state index contributed by atoms with van der Waals surface area (Å²) in [5, 5.41) is 3.42. The number of ketones is 1. The fourth-order valence-electron chi connectivity index (χ4n) is 2.08. The van der Waals surface area contributed by atoms with Crippen molar-refractivity contribution in [1.82, 2.24) is 0 Å². The van der Waals surface area contributed by atoms with Gasteiger partial charge in [-0.25, -0.2) is 0 Å². The van der Waals surface area contributed by atoms with E-state index in [9.17, 15) is 4.79 Å². The molecule has 0 aromatic heterocycles. The van der Waals surface area contributed by atoms with Crippen molar-refractivity contribution in [3.63, 3.8) is 0 Å². The van der Waals surface area contributed by atoms with Crippen molar-refractivity contribution < 1.29 is 4.79 Å². The van der Waals surface area contributed by atoms with Gasteiger partial charge in [-0.05, 0) is 36.8 Å². The molecular weight excluding hydrogens is 242 g/mol. The van der Waals surface area contributed by atoms with Crippen LogP contribution >= 0.6 is 11.8 Å². The first kappa shape index (κ1) is 11.4. The topological polar surface area (TPSA) is 29.1 Å². The highest BCUT2D eigenvalue weighted by atomic mass is 32.2. The lowest BCUT2D eigenvalue weighted by atomic mass is 10.1. The van der Waals surface area contributed by atoms with E-state index in [0.29, 0.717) is 6.42 Å². The molecule has 0 amide bonds. The van der Waals surface area contributed by atoms with Gasteiger partial charge in [0.15, 0.2) is 0 Å². The minimum Gasteiger partial charge on any atom is -0.354 e. The molecule has 0 aliphatic carbocycles. The van der Waals surface area contributed by atoms with Crippen molar-refractivity contribution in [2.24, 2.45) is 0 Å². The molecule has 0 atom stereocenters. The van der Waals surface area contributed by atoms with E-state index in [-0.39, 0.29) is 5.78 Å². The maximum atomic E-state index is 11.2. The van der Waals surface area contributed by atoms with E-state index in [1.807, 2.05) is 18.2 Å². The van der Waals surface area contributed by atoms with Crippen molar-refractivity contribution in [1.29, 1.82) is 0 Å². The molecule has 3 rings (SSSR count). The second-order valence-electron chi connectivity index (χ2n) is 4.43. The van der Waals surface area contributed by atoms with Crippen molar-refractivity contribution in [2.45, 2.75) is 23.1 Å². The number of para-hydroxylation sites is 1. The molecule has 0 unspecified atom stereocenters. The maximum Gasteiger partial charge on any atom is 0.134 e. The predicted molar refractivity (Wildman–Crippen MR) is 74.7 cm³/mol. The lowest BCUT2D eigenvalue weighted by Gasteiger charge is -2.21. The maximum absolute atomic E-state index is 11.2. The van der Waals surface area contributed by atoms with E-state index in [1.54, 1.807) is 18.7 Å². The third kappa shape index (κ3) is 2.14. The Bertz CT molecular complexity index is 622. The van der Waals surface area contributed by atoms with Gasteiger partial charge in [0.25, 0.3) is 0 Å². The van der Waals surface area contributed by atoms with Crippen LogP contribution in [0.5, 0.6) is 0 Å². The molecule has 1 heterocycles. The number of hydrogen-bond donors (Lipinski definition) is 1. The average molecular weight is 255 g/mol. The highest BCUT2D eigenvalue weighted by molar-refractivity contribution is 7.99. The highest BCUT2D eigenvalue weighted by Gasteiger charge is 2.15. The number of Topliss-reactive ketones (excluding diaryl/α,β-unsaturated/α-hetero) is 1. The normalized spacial score (nSPS) is 12.3. The van der Waals surface area contributed by atoms with Crippen molar-refractivity contribution in [2.75, 3.05) is 5.32 Å². The SMILES string of the molecule is CC(=O)Cc1ccc2c(c1)Nc1ccccc1S2. The summed E-state index contributed by atoms with van der Waals surface area (Å²) in [5.41, 5.74) is 3.29. The van der Waals surface area contributed by atoms with E-state index in [4.69, 9.17) is 0 Å². The van der Waals surface area contributed by atoms with Gasteiger partial charge in [-0.1, -0.05) is 30.0 Å². The largest absolute Gasteiger partial charge is 0.354 e. The Morgan fingerprint density at radius 3 is 2.72 bits per heavy atom. The molecule has 18 heavy (non-hydrogen) atoms. The second-order valence-corrected chi connectivity index (χ2v) is 5.52. The molecule has 1 N–H and O–H groups in total. The summed E-state index contributed by atoms with van der Waals surface area (Å²) in [6.45, 7) is 1.62. The van der Waals surface area contributed by atoms with Crippen LogP contribution in [0.4, 0.5) is 11.4 Å². The Hall–Kier alpha value is -1.74. The van der Waals surface area contributed by atoms with Gasteiger partial charge in [0.2, 0.25) is 0 Å². The zero-order valence-corrected chi connectivity index (χ0v) is 10.9. The molecule has 1 aliphatic heterocycles. The van der Waals surface area contributed by atoms with E-state index in [2.05, 4.69) is 29.6 Å². The van der Waals surface area contributed by atoms with Crippen LogP contribution in [0.1, 0.15) is 12.5 Å². The predicted octanol–water partition coefficient (Wildman–Crippen LogP) is 4.03. The number of carbonyl (C=O) groups excluding carboxylic acids is 1. The van der Waals surface area contributed by atoms with E-state index in [0.717, 1.165) is 16.9 Å². The third-order valence-corrected chi connectivity index (χ3v) is 4.03. The van der Waals surface area contributed by atoms with Crippen LogP contribution in [-0.4, -0.2) is 5.78 Å². The van der Waals surface area contributed by atoms with Crippen LogP contribution in [0.2, 0.25) is 0 Å². The molecule has 1 aliphatic rings. The average Bonchev–Trinajstić information content (AvgIpc) is 2.35. The molecule has 0 saturated heterocycles. The highest BCUT2D eigenvalue weighted by Crippen LogP contribution is 2.44. The summed E-state index contributed by atoms with van der Waals surface area (Å²) >= 11 is 1.76. The molecule has 0 spiro atoms. The Morgan fingerprint density at radius 2 is 1.89 bits per heavy atom. The number of benzene rings is 2. The van der Waals surface area contributed by atoms with Gasteiger partial charge in [0, 0.05) is 16.2 Å². The Morgan fingerprint density at radius 1 is 1.11 bits per heavy atom. The first-order chi connectivity index (χ1) is 8.72. The van der Waals surface area contributed by atoms with Gasteiger partial charge in [-0.15, -0.1) is 0 Å². The molecule has 2 aromatic rings. The molecule has 0 saturated carbocycles. The third-order valence-electron chi connectivity index (χ3n) is 2.87. The molecule has 0 fully saturated rings. The summed E-state index contributed by atoms with van der Waals surface area (Å²) in [6.07, 6.45) is 0.501. The van der Waals surface area contributed by atoms with Crippen LogP contribution in [0, 0.1) is 0 Å². The van der Waals surface area contributed by atoms with Gasteiger partial charge in [0.05, 0.1) is 11.4 Å². The molecule has 2 nitrogen and oxygen atoms in total. The molecule has 2 aromatic carbocycles. The smallest absolute Gasteiger partial charge is 0.134 e. The number of anilines is 2. The number of fused-ring (bicyclic) bond motifs is 2. The Balaban J connectivity index is 1.96. The van der Waals surface area contributed by atoms with Crippen LogP contribution in [0.25, 0.3) is 0 Å². The van der Waals surface area contributed by atoms with Crippen molar-refractivity contribution in [3.05, 3.63) is 48.0 Å². The first-order valence-corrected chi connectivity index (χ1v) is 6.70. The second kappa shape index (κ2) is 4.50. The fraction of sp³-hybridized carbons (Fsp3) is 0.133. The van der Waals surface area contributed by atoms with Gasteiger partial charge in [0.1, 0.15) is 5.78 Å². The zero-order valence-electron chi connectivity index (χ0n) is 10.1. The number of hydrogen-bond acceptors (Lipinski definition) is 3. The van der Waals surface area contributed by atoms with Crippen LogP contribution in [0.3, 0.4) is 0 Å². The van der Waals surface area contributed by atoms with Crippen molar-refractivity contribution in [3.8, 4) is 0 Å². The molecule has 0 bridgehead atoms. The zero-order chi connectivity index (χ0) is 12.5. The summed E-state index contributed by atoms with van der Waals surface area (Å²) in [5.74, 6) is 0.193. The summed E-state index contributed by atoms with van der Waals surface area (Å²) < 4.78 is 0. The van der Waals surface area contributed by atoms with Gasteiger partial charge in [-0.3, -0.25) is 4.79 Å². The monoisotopic (exact) mass is 255 g/mol. The molecule has 3 heteroatoms. The Labute approximate surface area is 110 Å². The van der Waals surface area contributed by atoms with E-state index < -0.39 is 0 Å². The van der Waals surface area contributed by atoms with Gasteiger partial charge >= 0.3 is 0 Å². The quantitative estimate of drug-likeness (QED) is 0.749. The van der Waals surface area contributed by atoms with Gasteiger partial charge < -0.3 is 5.32 Å². The van der Waals surface area contributed by atoms with Crippen LogP contribution in [0.15, 0.2) is 52.3 Å². The van der Waals surface area contributed by atoms with E-state index in [1.165, 1.54) is 9.79 Å².